The molecular formula is C111H63N15S2. The summed E-state index contributed by atoms with van der Waals surface area (Å²) in [5.41, 5.74) is 21.3. The van der Waals surface area contributed by atoms with Gasteiger partial charge in [0, 0.05) is 106 Å². The summed E-state index contributed by atoms with van der Waals surface area (Å²) in [6, 6.07) is 127. The van der Waals surface area contributed by atoms with Crippen molar-refractivity contribution in [1.29, 1.82) is 21.0 Å². The van der Waals surface area contributed by atoms with E-state index in [2.05, 4.69) is 209 Å². The van der Waals surface area contributed by atoms with Crippen molar-refractivity contribution in [1.82, 2.24) is 54.0 Å². The fourth-order valence-corrected chi connectivity index (χ4v) is 20.4. The molecule has 594 valence electrons. The summed E-state index contributed by atoms with van der Waals surface area (Å²) >= 11 is 3.56. The molecule has 7 heterocycles. The number of nitrogens with zero attached hydrogens (tertiary/aromatic N) is 15. The Morgan fingerprint density at radius 3 is 1.07 bits per heavy atom. The summed E-state index contributed by atoms with van der Waals surface area (Å²) in [7, 11) is 0. The number of rotatable bonds is 14. The van der Waals surface area contributed by atoms with Gasteiger partial charge in [0.15, 0.2) is 40.8 Å². The molecule has 15 nitrogen and oxygen atoms in total. The average Bonchev–Trinajstić information content (AvgIpc) is 1.57. The average molecular weight is 1670 g/mol. The maximum absolute atomic E-state index is 10.2. The number of aryl methyl sites for hydroxylation is 2. The van der Waals surface area contributed by atoms with Crippen LogP contribution in [-0.2, 0) is 0 Å². The predicted octanol–water partition coefficient (Wildman–Crippen LogP) is 27.3. The van der Waals surface area contributed by atoms with Crippen LogP contribution in [0.5, 0.6) is 0 Å². The lowest BCUT2D eigenvalue weighted by Gasteiger charge is -2.17. The molecule has 17 heteroatoms. The Bertz CT molecular complexity index is 8460. The first-order valence-corrected chi connectivity index (χ1v) is 43.3. The van der Waals surface area contributed by atoms with Gasteiger partial charge in [-0.25, -0.2) is 44.9 Å². The summed E-state index contributed by atoms with van der Waals surface area (Å²) in [5, 5.41) is 49.3. The summed E-state index contributed by atoms with van der Waals surface area (Å²) in [4.78, 5) is 47.3. The van der Waals surface area contributed by atoms with Gasteiger partial charge in [0.2, 0.25) is 0 Å². The smallest absolute Gasteiger partial charge is 0.166 e. The van der Waals surface area contributed by atoms with E-state index in [-0.39, 0.29) is 0 Å². The Labute approximate surface area is 741 Å². The van der Waals surface area contributed by atoms with Crippen LogP contribution in [0.25, 0.3) is 231 Å². The van der Waals surface area contributed by atoms with Gasteiger partial charge in [0.25, 0.3) is 0 Å². The number of aromatic nitrogens is 11. The highest BCUT2D eigenvalue weighted by atomic mass is 32.1. The van der Waals surface area contributed by atoms with Gasteiger partial charge in [-0.15, -0.1) is 22.7 Å². The Morgan fingerprint density at radius 2 is 0.578 bits per heavy atom. The van der Waals surface area contributed by atoms with Crippen molar-refractivity contribution in [3.05, 3.63) is 380 Å². The van der Waals surface area contributed by atoms with E-state index in [1.165, 1.54) is 20.2 Å². The van der Waals surface area contributed by atoms with Crippen molar-refractivity contribution in [2.24, 2.45) is 0 Å². The van der Waals surface area contributed by atoms with Crippen LogP contribution in [0.4, 0.5) is 0 Å². The highest BCUT2D eigenvalue weighted by molar-refractivity contribution is 7.26. The second-order valence-corrected chi connectivity index (χ2v) is 33.8. The molecular weight excluding hydrogens is 1610 g/mol. The Morgan fingerprint density at radius 1 is 0.219 bits per heavy atom. The molecule has 0 saturated carbocycles. The molecule has 128 heavy (non-hydrogen) atoms. The van der Waals surface area contributed by atoms with Crippen LogP contribution in [0.2, 0.25) is 0 Å². The van der Waals surface area contributed by atoms with Crippen molar-refractivity contribution in [3.8, 4) is 171 Å². The predicted molar refractivity (Wildman–Crippen MR) is 515 cm³/mol. The largest absolute Gasteiger partial charge is 0.308 e. The molecule has 0 radical (unpaired) electrons. The third-order valence-electron chi connectivity index (χ3n) is 23.9. The first-order valence-electron chi connectivity index (χ1n) is 41.7. The molecule has 0 N–H and O–H groups in total. The van der Waals surface area contributed by atoms with Crippen LogP contribution >= 0.6 is 22.7 Å². The topological polar surface area (TPSA) is 221 Å². The van der Waals surface area contributed by atoms with E-state index in [9.17, 15) is 21.0 Å². The second kappa shape index (κ2) is 30.9. The SMILES string of the molecule is Cc1nc(C)nc(-c2cc(-c3cccc4c3sc3ccc(-c5ccc(-n6c7ccc(-c8cc(C#N)cc(C#N)c8)cc7c7cc(-c8cc(C#N)cc(C#N)c8)ccc76)c(-c6nc(-c7ccccc7)nc(-c7ccccc7)n6)c5)cc34)c3c4ccccc4n(-c4ccc(-c5ccc6sc7ccccc7c6c5)cc4-c4nc(-c5ccccc5)nc(-c5ccccc5)n4)c3c2)n1. The van der Waals surface area contributed by atoms with Crippen LogP contribution in [0, 0.1) is 59.2 Å². The zero-order valence-corrected chi connectivity index (χ0v) is 70.1. The lowest BCUT2D eigenvalue weighted by Crippen LogP contribution is -2.04. The summed E-state index contributed by atoms with van der Waals surface area (Å²) in [5.74, 6) is 4.80. The fraction of sp³-hybridized carbons (Fsp3) is 0.0180. The van der Waals surface area contributed by atoms with Gasteiger partial charge in [0.1, 0.15) is 11.6 Å². The van der Waals surface area contributed by atoms with Crippen LogP contribution in [0.1, 0.15) is 33.9 Å². The monoisotopic (exact) mass is 1670 g/mol. The van der Waals surface area contributed by atoms with E-state index in [0.717, 1.165) is 153 Å². The minimum absolute atomic E-state index is 0.366. The number of nitriles is 4. The molecule has 7 aromatic heterocycles. The number of hydrogen-bond acceptors (Lipinski definition) is 15. The normalized spacial score (nSPS) is 11.5. The van der Waals surface area contributed by atoms with Gasteiger partial charge < -0.3 is 9.13 Å². The van der Waals surface area contributed by atoms with E-state index >= 15 is 0 Å². The van der Waals surface area contributed by atoms with Crippen molar-refractivity contribution in [3.63, 3.8) is 0 Å². The number of hydrogen-bond donors (Lipinski definition) is 0. The summed E-state index contributed by atoms with van der Waals surface area (Å²) < 4.78 is 9.28. The van der Waals surface area contributed by atoms with E-state index in [1.807, 2.05) is 147 Å². The highest BCUT2D eigenvalue weighted by Crippen LogP contribution is 2.50. The van der Waals surface area contributed by atoms with Crippen LogP contribution < -0.4 is 0 Å². The van der Waals surface area contributed by atoms with Crippen molar-refractivity contribution in [2.45, 2.75) is 13.8 Å². The second-order valence-electron chi connectivity index (χ2n) is 31.7. The molecule has 0 fully saturated rings. The van der Waals surface area contributed by atoms with E-state index in [0.29, 0.717) is 91.4 Å². The lowest BCUT2D eigenvalue weighted by molar-refractivity contribution is 0.928. The van der Waals surface area contributed by atoms with Crippen molar-refractivity contribution >= 4 is 107 Å². The Kier molecular flexibility index (Phi) is 18.2. The minimum Gasteiger partial charge on any atom is -0.308 e. The summed E-state index contributed by atoms with van der Waals surface area (Å²) in [6.07, 6.45) is 0. The molecule has 0 amide bonds. The first-order chi connectivity index (χ1) is 63.0. The molecule has 0 unspecified atom stereocenters. The molecule has 23 rings (SSSR count). The molecule has 0 spiro atoms. The van der Waals surface area contributed by atoms with E-state index in [4.69, 9.17) is 44.9 Å². The highest BCUT2D eigenvalue weighted by Gasteiger charge is 2.28. The van der Waals surface area contributed by atoms with E-state index in [1.54, 1.807) is 59.1 Å². The fourth-order valence-electron chi connectivity index (χ4n) is 18.1. The van der Waals surface area contributed by atoms with Gasteiger partial charge >= 0.3 is 0 Å². The van der Waals surface area contributed by atoms with Crippen molar-refractivity contribution < 1.29 is 0 Å². The number of benzene rings is 16. The van der Waals surface area contributed by atoms with Crippen LogP contribution in [0.3, 0.4) is 0 Å². The zero-order chi connectivity index (χ0) is 85.8. The zero-order valence-electron chi connectivity index (χ0n) is 68.4. The number of fused-ring (bicyclic) bond motifs is 12. The third-order valence-corrected chi connectivity index (χ3v) is 26.3. The van der Waals surface area contributed by atoms with Gasteiger partial charge in [-0.2, -0.15) is 21.0 Å². The van der Waals surface area contributed by atoms with Crippen molar-refractivity contribution in [2.75, 3.05) is 0 Å². The molecule has 16 aromatic carbocycles. The summed E-state index contributed by atoms with van der Waals surface area (Å²) in [6.45, 7) is 3.83. The number of thiophene rings is 2. The lowest BCUT2D eigenvalue weighted by atomic mass is 9.95. The first kappa shape index (κ1) is 75.5. The quantitative estimate of drug-likeness (QED) is 0.0990. The minimum atomic E-state index is 0.366. The molecule has 0 aliphatic carbocycles. The maximum atomic E-state index is 10.2. The standard InChI is InChI=1S/C111H63N15S2/c1-64-116-65(2)118-109(117-64)82-58-91(103-86-29-15-17-32-94(86)126(99(103)59-82)98-43-35-74(76-38-44-101-89(54-76)83-28-16-18-33-100(83)127-101)57-93(98)111-123-107(72-24-11-5-12-25-72)120-108(124-111)73-26-13-6-14-27-73)85-31-19-30-84-90-55-77(39-45-102(90)128-104(84)85)75-34-42-97(92(56-75)110-121-105(70-20-7-3-8-21-70)119-106(122-110)71-22-9-4-10-23-71)125-95-40-36-78(80-48-66(60-112)46-67(49-80)61-113)52-87(95)88-53-79(37-41-96(88)125)81-50-68(62-114)47-69(51-81)63-115/h3-59H,1-2H3. The molecule has 0 atom stereocenters. The molecule has 0 aliphatic rings. The van der Waals surface area contributed by atoms with Crippen LogP contribution in [-0.4, -0.2) is 54.0 Å². The van der Waals surface area contributed by atoms with Gasteiger partial charge in [-0.1, -0.05) is 212 Å². The Balaban J connectivity index is 0.735. The molecule has 0 saturated heterocycles. The van der Waals surface area contributed by atoms with E-state index < -0.39 is 0 Å². The van der Waals surface area contributed by atoms with Gasteiger partial charge in [-0.05, 0) is 197 Å². The molecule has 0 bridgehead atoms. The van der Waals surface area contributed by atoms with Gasteiger partial charge in [0.05, 0.1) is 80.0 Å². The molecule has 0 aliphatic heterocycles. The van der Waals surface area contributed by atoms with Crippen LogP contribution in [0.15, 0.2) is 346 Å². The number of para-hydroxylation sites is 1. The molecule has 23 aromatic rings. The maximum Gasteiger partial charge on any atom is 0.166 e. The Hall–Kier alpha value is -17.5. The third kappa shape index (κ3) is 13.2. The van der Waals surface area contributed by atoms with Gasteiger partial charge in [-0.3, -0.25) is 0 Å².